The van der Waals surface area contributed by atoms with Gasteiger partial charge < -0.3 is 29.3 Å². The summed E-state index contributed by atoms with van der Waals surface area (Å²) in [5.41, 5.74) is -2.77. The summed E-state index contributed by atoms with van der Waals surface area (Å²) in [5, 5.41) is 8.21. The van der Waals surface area contributed by atoms with Crippen molar-refractivity contribution in [3.63, 3.8) is 0 Å². The summed E-state index contributed by atoms with van der Waals surface area (Å²) in [7, 11) is 1.20. The van der Waals surface area contributed by atoms with Crippen molar-refractivity contribution in [3.8, 4) is 11.5 Å². The molecule has 14 heteroatoms. The van der Waals surface area contributed by atoms with Gasteiger partial charge in [-0.05, 0) is 0 Å². The highest BCUT2D eigenvalue weighted by Crippen LogP contribution is 1.95. The van der Waals surface area contributed by atoms with Crippen molar-refractivity contribution in [2.24, 2.45) is 0 Å². The number of aromatic nitrogens is 4. The van der Waals surface area contributed by atoms with E-state index in [1.165, 1.54) is 7.11 Å². The third-order valence-electron chi connectivity index (χ3n) is 2.49. The molecule has 0 saturated carbocycles. The van der Waals surface area contributed by atoms with Gasteiger partial charge >= 0.3 is 23.3 Å². The summed E-state index contributed by atoms with van der Waals surface area (Å²) in [6.45, 7) is -1.01. The zero-order chi connectivity index (χ0) is 20.4. The molecule has 0 unspecified atom stereocenters. The summed E-state index contributed by atoms with van der Waals surface area (Å²) in [6.07, 6.45) is 2.08. The molecule has 0 spiro atoms. The fourth-order valence-corrected chi connectivity index (χ4v) is 1.34. The smallest absolute Gasteiger partial charge is 0.343 e. The molecule has 0 radical (unpaired) electrons. The lowest BCUT2D eigenvalue weighted by Crippen LogP contribution is -2.24. The predicted octanol–water partition coefficient (Wildman–Crippen LogP) is -2.86. The van der Waals surface area contributed by atoms with E-state index in [1.807, 2.05) is 9.97 Å². The van der Waals surface area contributed by atoms with Gasteiger partial charge in [0.15, 0.2) is 13.2 Å². The topological polar surface area (TPSA) is 213 Å². The minimum absolute atomic E-state index is 0.144. The van der Waals surface area contributed by atoms with Crippen LogP contribution in [0, 0.1) is 0 Å². The number of esters is 1. The number of hydrogen-bond donors (Lipinski definition) is 5. The van der Waals surface area contributed by atoms with E-state index in [0.29, 0.717) is 0 Å². The maximum atomic E-state index is 11.0. The molecule has 2 aromatic heterocycles. The monoisotopic (exact) mass is 386 g/mol. The fraction of sp³-hybridized carbons (Fsp3) is 0.231. The number of carbonyl (C=O) groups is 2. The lowest BCUT2D eigenvalue weighted by atomic mass is 10.6. The van der Waals surface area contributed by atoms with Crippen LogP contribution in [0.15, 0.2) is 31.6 Å². The number of rotatable bonds is 6. The van der Waals surface area contributed by atoms with Gasteiger partial charge in [0.05, 0.1) is 19.5 Å². The van der Waals surface area contributed by atoms with Gasteiger partial charge in [0.2, 0.25) is 11.5 Å². The molecule has 0 amide bonds. The third-order valence-corrected chi connectivity index (χ3v) is 2.49. The van der Waals surface area contributed by atoms with Crippen LogP contribution in [0.4, 0.5) is 0 Å². The molecule has 27 heavy (non-hydrogen) atoms. The molecule has 0 aromatic carbocycles. The van der Waals surface area contributed by atoms with Crippen molar-refractivity contribution >= 4 is 11.9 Å². The number of methoxy groups -OCH3 is 1. The summed E-state index contributed by atoms with van der Waals surface area (Å²) in [4.78, 5) is 71.7. The Balaban J connectivity index is 0.000000271. The van der Waals surface area contributed by atoms with Crippen LogP contribution in [0.25, 0.3) is 0 Å². The van der Waals surface area contributed by atoms with Crippen molar-refractivity contribution in [1.82, 2.24) is 19.9 Å². The van der Waals surface area contributed by atoms with Gasteiger partial charge in [0, 0.05) is 0 Å². The van der Waals surface area contributed by atoms with Gasteiger partial charge in [0.25, 0.3) is 11.1 Å². The minimum Gasteiger partial charge on any atom is -0.479 e. The molecule has 0 saturated heterocycles. The summed E-state index contributed by atoms with van der Waals surface area (Å²) >= 11 is 0. The predicted molar refractivity (Wildman–Crippen MR) is 86.0 cm³/mol. The van der Waals surface area contributed by atoms with E-state index in [1.54, 1.807) is 0 Å². The zero-order valence-electron chi connectivity index (χ0n) is 13.7. The molecule has 2 heterocycles. The number of H-pyrrole nitrogens is 4. The quantitative estimate of drug-likeness (QED) is 0.320. The highest BCUT2D eigenvalue weighted by atomic mass is 16.6. The fourth-order valence-electron chi connectivity index (χ4n) is 1.34. The molecule has 146 valence electrons. The number of hydrogen-bond acceptors (Lipinski definition) is 9. The number of ether oxygens (including phenoxy) is 3. The highest BCUT2D eigenvalue weighted by molar-refractivity contribution is 5.70. The molecule has 0 aliphatic carbocycles. The van der Waals surface area contributed by atoms with Gasteiger partial charge in [-0.2, -0.15) is 0 Å². The molecular formula is C13H14N4O10. The molecule has 0 fully saturated rings. The Labute approximate surface area is 147 Å². The van der Waals surface area contributed by atoms with Crippen LogP contribution in [-0.2, 0) is 14.3 Å². The first-order valence-electron chi connectivity index (χ1n) is 6.91. The average Bonchev–Trinajstić information content (AvgIpc) is 2.60. The minimum atomic E-state index is -1.20. The molecule has 0 aliphatic heterocycles. The summed E-state index contributed by atoms with van der Waals surface area (Å²) < 4.78 is 13.6. The van der Waals surface area contributed by atoms with Crippen molar-refractivity contribution in [2.75, 3.05) is 20.3 Å². The van der Waals surface area contributed by atoms with Gasteiger partial charge in [-0.3, -0.25) is 19.6 Å². The lowest BCUT2D eigenvalue weighted by molar-refractivity contribution is -0.143. The number of carboxylic acid groups (broad SMARTS) is 1. The molecule has 5 N–H and O–H groups in total. The Morgan fingerprint density at radius 2 is 1.33 bits per heavy atom. The number of carbonyl (C=O) groups excluding carboxylic acids is 1. The van der Waals surface area contributed by atoms with E-state index in [9.17, 15) is 28.8 Å². The molecule has 0 aliphatic rings. The van der Waals surface area contributed by atoms with Crippen molar-refractivity contribution in [1.29, 1.82) is 0 Å². The van der Waals surface area contributed by atoms with Crippen molar-refractivity contribution in [3.05, 3.63) is 54.1 Å². The third kappa shape index (κ3) is 7.55. The van der Waals surface area contributed by atoms with Crippen LogP contribution >= 0.6 is 0 Å². The van der Waals surface area contributed by atoms with E-state index < -0.39 is 41.0 Å². The normalized spacial score (nSPS) is 9.52. The van der Waals surface area contributed by atoms with Crippen LogP contribution < -0.4 is 32.0 Å². The second kappa shape index (κ2) is 10.0. The number of aliphatic carboxylic acids is 1. The molecule has 14 nitrogen and oxygen atoms in total. The van der Waals surface area contributed by atoms with Crippen LogP contribution in [0.3, 0.4) is 0 Å². The SMILES string of the molecule is COC(=O)COc1c[nH]c(=O)[nH]c1=O.O=C(O)COc1c[nH]c(=O)[nH]c1=O. The summed E-state index contributed by atoms with van der Waals surface area (Å²) in [6, 6.07) is 0. The Morgan fingerprint density at radius 1 is 0.889 bits per heavy atom. The van der Waals surface area contributed by atoms with E-state index in [0.717, 1.165) is 12.4 Å². The van der Waals surface area contributed by atoms with E-state index in [2.05, 4.69) is 19.4 Å². The van der Waals surface area contributed by atoms with Gasteiger partial charge in [-0.1, -0.05) is 0 Å². The van der Waals surface area contributed by atoms with Crippen LogP contribution in [0.2, 0.25) is 0 Å². The zero-order valence-corrected chi connectivity index (χ0v) is 13.7. The Hall–Kier alpha value is -4.10. The van der Waals surface area contributed by atoms with Gasteiger partial charge in [-0.25, -0.2) is 19.2 Å². The second-order valence-corrected chi connectivity index (χ2v) is 4.42. The molecular weight excluding hydrogens is 372 g/mol. The lowest BCUT2D eigenvalue weighted by Gasteiger charge is -2.01. The highest BCUT2D eigenvalue weighted by Gasteiger charge is 2.05. The molecule has 0 atom stereocenters. The van der Waals surface area contributed by atoms with E-state index in [4.69, 9.17) is 9.84 Å². The van der Waals surface area contributed by atoms with Crippen LogP contribution in [0.1, 0.15) is 0 Å². The summed E-state index contributed by atoms with van der Waals surface area (Å²) in [5.74, 6) is -2.20. The first kappa shape index (κ1) is 20.9. The molecule has 2 aromatic rings. The number of carboxylic acids is 1. The van der Waals surface area contributed by atoms with Crippen LogP contribution in [-0.4, -0.2) is 57.3 Å². The van der Waals surface area contributed by atoms with Crippen molar-refractivity contribution in [2.45, 2.75) is 0 Å². The van der Waals surface area contributed by atoms with Crippen LogP contribution in [0.5, 0.6) is 11.5 Å². The average molecular weight is 386 g/mol. The molecule has 0 bridgehead atoms. The Bertz CT molecular complexity index is 1010. The van der Waals surface area contributed by atoms with E-state index in [-0.39, 0.29) is 18.1 Å². The Kier molecular flexibility index (Phi) is 7.77. The van der Waals surface area contributed by atoms with Gasteiger partial charge in [-0.15, -0.1) is 0 Å². The van der Waals surface area contributed by atoms with Gasteiger partial charge in [0.1, 0.15) is 0 Å². The molecule has 2 rings (SSSR count). The first-order chi connectivity index (χ1) is 12.7. The van der Waals surface area contributed by atoms with Crippen molar-refractivity contribution < 1.29 is 28.9 Å². The maximum Gasteiger partial charge on any atom is 0.343 e. The largest absolute Gasteiger partial charge is 0.479 e. The first-order valence-corrected chi connectivity index (χ1v) is 6.91. The number of aromatic amines is 4. The maximum absolute atomic E-state index is 11.0. The Morgan fingerprint density at radius 3 is 1.70 bits per heavy atom. The van der Waals surface area contributed by atoms with E-state index >= 15 is 0 Å². The standard InChI is InChI=1S/C7H8N2O5.C6H6N2O5/c1-13-5(10)3-14-4-2-8-7(12)9-6(4)11;9-4(10)2-13-3-1-7-6(12)8-5(3)11/h2H,3H2,1H3,(H2,8,9,11,12);1H,2H2,(H,9,10)(H2,7,8,11,12). The number of nitrogens with one attached hydrogen (secondary N) is 4. The second-order valence-electron chi connectivity index (χ2n) is 4.42.